The van der Waals surface area contributed by atoms with Crippen LogP contribution in [0.25, 0.3) is 0 Å². The van der Waals surface area contributed by atoms with Crippen LogP contribution in [0.4, 0.5) is 0 Å². The van der Waals surface area contributed by atoms with Crippen molar-refractivity contribution in [1.82, 2.24) is 0 Å². The van der Waals surface area contributed by atoms with Crippen LogP contribution < -0.4 is 0 Å². The first-order valence-electron chi connectivity index (χ1n) is 3.31. The maximum Gasteiger partial charge on any atom is 0.0632 e. The van der Waals surface area contributed by atoms with E-state index in [0.717, 1.165) is 0 Å². The van der Waals surface area contributed by atoms with Crippen LogP contribution in [0.5, 0.6) is 0 Å². The van der Waals surface area contributed by atoms with Crippen molar-refractivity contribution in [3.63, 3.8) is 0 Å². The summed E-state index contributed by atoms with van der Waals surface area (Å²) in [6.45, 7) is 0. The number of unbranched alkanes of at least 4 members (excludes halogenated alkanes) is 2. The predicted molar refractivity (Wildman–Crippen MR) is 40.9 cm³/mol. The van der Waals surface area contributed by atoms with Crippen LogP contribution in [-0.2, 0) is 0 Å². The van der Waals surface area contributed by atoms with E-state index in [-0.39, 0.29) is 0 Å². The van der Waals surface area contributed by atoms with Gasteiger partial charge < -0.3 is 0 Å². The summed E-state index contributed by atoms with van der Waals surface area (Å²) >= 11 is 0. The molecule has 0 rings (SSSR count). The van der Waals surface area contributed by atoms with E-state index in [9.17, 15) is 0 Å². The Labute approximate surface area is 71.9 Å². The van der Waals surface area contributed by atoms with E-state index in [1.807, 2.05) is 24.3 Å². The zero-order chi connectivity index (χ0) is 9.66. The molecule has 0 aliphatic rings. The van der Waals surface area contributed by atoms with Gasteiger partial charge in [-0.25, -0.2) is 0 Å². The molecule has 12 heavy (non-hydrogen) atoms. The first-order valence-corrected chi connectivity index (χ1v) is 3.31. The summed E-state index contributed by atoms with van der Waals surface area (Å²) in [5.41, 5.74) is 0. The van der Waals surface area contributed by atoms with E-state index in [0.29, 0.717) is 25.7 Å². The molecule has 0 aromatic heterocycles. The Morgan fingerprint density at radius 3 is 0.750 bits per heavy atom. The fourth-order valence-electron chi connectivity index (χ4n) is 0.224. The van der Waals surface area contributed by atoms with Crippen LogP contribution in [0.2, 0.25) is 0 Å². The fourth-order valence-corrected chi connectivity index (χ4v) is 0.224. The van der Waals surface area contributed by atoms with Gasteiger partial charge in [-0.1, -0.05) is 0 Å². The minimum atomic E-state index is 0.358. The molecule has 4 nitrogen and oxygen atoms in total. The molecular formula is C8H8N4. The normalized spacial score (nSPS) is 5.67. The van der Waals surface area contributed by atoms with Gasteiger partial charge in [-0.15, -0.1) is 0 Å². The first kappa shape index (κ1) is 12.6. The summed E-state index contributed by atoms with van der Waals surface area (Å²) in [7, 11) is 0. The van der Waals surface area contributed by atoms with Gasteiger partial charge in [-0.3, -0.25) is 0 Å². The summed E-state index contributed by atoms with van der Waals surface area (Å²) in [6.07, 6.45) is 1.43. The lowest BCUT2D eigenvalue weighted by atomic mass is 10.4. The Kier molecular flexibility index (Phi) is 16.8. The van der Waals surface area contributed by atoms with Crippen molar-refractivity contribution in [3.05, 3.63) is 0 Å². The molecule has 0 aliphatic heterocycles. The van der Waals surface area contributed by atoms with Gasteiger partial charge in [-0.2, -0.15) is 21.0 Å². The smallest absolute Gasteiger partial charge is 0.0632 e. The van der Waals surface area contributed by atoms with Crippen LogP contribution in [-0.4, -0.2) is 0 Å². The minimum absolute atomic E-state index is 0.358. The van der Waals surface area contributed by atoms with Gasteiger partial charge in [0.1, 0.15) is 0 Å². The highest BCUT2D eigenvalue weighted by atomic mass is 14.2. The maximum atomic E-state index is 7.80. The van der Waals surface area contributed by atoms with E-state index >= 15 is 0 Å². The second-order valence-corrected chi connectivity index (χ2v) is 1.63. The molecule has 0 amide bonds. The summed E-state index contributed by atoms with van der Waals surface area (Å²) < 4.78 is 0. The molecule has 0 aromatic rings. The van der Waals surface area contributed by atoms with Crippen LogP contribution >= 0.6 is 0 Å². The predicted octanol–water partition coefficient (Wildman–Crippen LogP) is 1.63. The lowest BCUT2D eigenvalue weighted by Gasteiger charge is -1.63. The molecule has 0 radical (unpaired) electrons. The van der Waals surface area contributed by atoms with Gasteiger partial charge >= 0.3 is 0 Å². The van der Waals surface area contributed by atoms with Crippen molar-refractivity contribution in [2.75, 3.05) is 0 Å². The topological polar surface area (TPSA) is 95.2 Å². The van der Waals surface area contributed by atoms with E-state index in [2.05, 4.69) is 0 Å². The van der Waals surface area contributed by atoms with Gasteiger partial charge in [0.15, 0.2) is 0 Å². The highest BCUT2D eigenvalue weighted by Crippen LogP contribution is 1.78. The Morgan fingerprint density at radius 2 is 0.667 bits per heavy atom. The van der Waals surface area contributed by atoms with Crippen LogP contribution in [0.15, 0.2) is 0 Å². The molecule has 0 heterocycles. The summed E-state index contributed by atoms with van der Waals surface area (Å²) in [4.78, 5) is 0. The van der Waals surface area contributed by atoms with Crippen molar-refractivity contribution in [3.8, 4) is 24.3 Å². The largest absolute Gasteiger partial charge is 0.198 e. The maximum absolute atomic E-state index is 7.80. The third-order valence-electron chi connectivity index (χ3n) is 0.697. The van der Waals surface area contributed by atoms with E-state index in [1.54, 1.807) is 0 Å². The zero-order valence-corrected chi connectivity index (χ0v) is 6.62. The van der Waals surface area contributed by atoms with Gasteiger partial charge in [-0.05, 0) is 0 Å². The summed E-state index contributed by atoms with van der Waals surface area (Å²) in [6, 6.07) is 7.38. The molecule has 0 saturated heterocycles. The molecule has 0 N–H and O–H groups in total. The number of nitriles is 4. The van der Waals surface area contributed by atoms with Gasteiger partial charge in [0, 0.05) is 25.7 Å². The minimum Gasteiger partial charge on any atom is -0.198 e. The van der Waals surface area contributed by atoms with Crippen LogP contribution in [0.3, 0.4) is 0 Å². The molecule has 0 unspecified atom stereocenters. The lowest BCUT2D eigenvalue weighted by molar-refractivity contribution is 1.07. The summed E-state index contributed by atoms with van der Waals surface area (Å²) in [5, 5.41) is 31.2. The number of rotatable bonds is 2. The molecule has 0 aromatic carbocycles. The number of hydrogen-bond donors (Lipinski definition) is 0. The molecule has 4 heteroatoms. The monoisotopic (exact) mass is 160 g/mol. The average Bonchev–Trinajstić information content (AvgIpc) is 2.12. The second-order valence-electron chi connectivity index (χ2n) is 1.63. The van der Waals surface area contributed by atoms with Gasteiger partial charge in [0.05, 0.1) is 24.3 Å². The Balaban J connectivity index is 0. The van der Waals surface area contributed by atoms with Crippen LogP contribution in [0, 0.1) is 45.3 Å². The highest BCUT2D eigenvalue weighted by molar-refractivity contribution is 4.79. The number of nitrogens with zero attached hydrogens (tertiary/aromatic N) is 4. The molecule has 0 spiro atoms. The average molecular weight is 160 g/mol. The standard InChI is InChI=1S/2C4H4N2/c2*5-3-1-2-4-6/h2*1-2H2. The lowest BCUT2D eigenvalue weighted by Crippen LogP contribution is -1.58. The van der Waals surface area contributed by atoms with Crippen LogP contribution in [0.1, 0.15) is 25.7 Å². The van der Waals surface area contributed by atoms with Crippen molar-refractivity contribution in [2.24, 2.45) is 0 Å². The molecule has 0 atom stereocenters. The third-order valence-corrected chi connectivity index (χ3v) is 0.697. The molecular weight excluding hydrogens is 152 g/mol. The third kappa shape index (κ3) is 24.6. The Morgan fingerprint density at radius 1 is 0.500 bits per heavy atom. The Bertz CT molecular complexity index is 186. The van der Waals surface area contributed by atoms with E-state index in [1.165, 1.54) is 0 Å². The van der Waals surface area contributed by atoms with Crippen molar-refractivity contribution >= 4 is 0 Å². The van der Waals surface area contributed by atoms with Gasteiger partial charge in [0.2, 0.25) is 0 Å². The molecule has 0 bridgehead atoms. The van der Waals surface area contributed by atoms with Crippen molar-refractivity contribution in [1.29, 1.82) is 21.0 Å². The van der Waals surface area contributed by atoms with Gasteiger partial charge in [0.25, 0.3) is 0 Å². The second kappa shape index (κ2) is 16.0. The highest BCUT2D eigenvalue weighted by Gasteiger charge is 1.73. The first-order chi connectivity index (χ1) is 5.83. The van der Waals surface area contributed by atoms with E-state index < -0.39 is 0 Å². The molecule has 0 saturated carbocycles. The van der Waals surface area contributed by atoms with Crippen molar-refractivity contribution in [2.45, 2.75) is 25.7 Å². The molecule has 0 aliphatic carbocycles. The zero-order valence-electron chi connectivity index (χ0n) is 6.62. The molecule has 60 valence electrons. The molecule has 0 fully saturated rings. The number of hydrogen-bond acceptors (Lipinski definition) is 4. The van der Waals surface area contributed by atoms with E-state index in [4.69, 9.17) is 21.0 Å². The Hall–Kier alpha value is -2.04. The van der Waals surface area contributed by atoms with Crippen molar-refractivity contribution < 1.29 is 0 Å². The fraction of sp³-hybridized carbons (Fsp3) is 0.500. The summed E-state index contributed by atoms with van der Waals surface area (Å²) in [5.74, 6) is 0. The SMILES string of the molecule is N#CCCC#N.N#CCCC#N. The quantitative estimate of drug-likeness (QED) is 0.573.